The van der Waals surface area contributed by atoms with Crippen molar-refractivity contribution in [3.05, 3.63) is 63.6 Å². The SMILES string of the molecule is CNC(Cc1cccc(F)c1Br)c1cnccc1C. The van der Waals surface area contributed by atoms with Gasteiger partial charge in [-0.05, 0) is 65.1 Å². The summed E-state index contributed by atoms with van der Waals surface area (Å²) in [6.07, 6.45) is 4.36. The lowest BCUT2D eigenvalue weighted by Crippen LogP contribution is -2.20. The second kappa shape index (κ2) is 6.26. The zero-order valence-electron chi connectivity index (χ0n) is 11.0. The quantitative estimate of drug-likeness (QED) is 0.926. The maximum absolute atomic E-state index is 13.5. The van der Waals surface area contributed by atoms with Crippen molar-refractivity contribution in [1.29, 1.82) is 0 Å². The lowest BCUT2D eigenvalue weighted by molar-refractivity contribution is 0.576. The number of aryl methyl sites for hydroxylation is 1. The molecule has 0 aliphatic rings. The molecule has 1 unspecified atom stereocenters. The second-order valence-corrected chi connectivity index (χ2v) is 5.28. The van der Waals surface area contributed by atoms with E-state index in [4.69, 9.17) is 0 Å². The van der Waals surface area contributed by atoms with E-state index in [0.717, 1.165) is 11.1 Å². The molecule has 4 heteroatoms. The minimum atomic E-state index is -0.227. The van der Waals surface area contributed by atoms with Crippen LogP contribution in [0, 0.1) is 12.7 Å². The molecule has 0 aliphatic carbocycles. The second-order valence-electron chi connectivity index (χ2n) is 4.49. The minimum absolute atomic E-state index is 0.117. The molecule has 0 saturated carbocycles. The highest BCUT2D eigenvalue weighted by Gasteiger charge is 2.15. The Kier molecular flexibility index (Phi) is 4.66. The zero-order chi connectivity index (χ0) is 13.8. The summed E-state index contributed by atoms with van der Waals surface area (Å²) < 4.78 is 14.1. The summed E-state index contributed by atoms with van der Waals surface area (Å²) in [6, 6.07) is 7.23. The van der Waals surface area contributed by atoms with Gasteiger partial charge in [-0.15, -0.1) is 0 Å². The van der Waals surface area contributed by atoms with Crippen LogP contribution in [0.3, 0.4) is 0 Å². The van der Waals surface area contributed by atoms with E-state index in [-0.39, 0.29) is 11.9 Å². The molecule has 1 aromatic carbocycles. The molecule has 0 fully saturated rings. The number of halogens is 2. The first-order valence-electron chi connectivity index (χ1n) is 6.14. The summed E-state index contributed by atoms with van der Waals surface area (Å²) in [5.74, 6) is -0.227. The molecule has 0 bridgehead atoms. The number of benzene rings is 1. The van der Waals surface area contributed by atoms with Gasteiger partial charge in [-0.2, -0.15) is 0 Å². The van der Waals surface area contributed by atoms with Gasteiger partial charge in [0.15, 0.2) is 0 Å². The number of nitrogens with zero attached hydrogens (tertiary/aromatic N) is 1. The highest BCUT2D eigenvalue weighted by Crippen LogP contribution is 2.26. The van der Waals surface area contributed by atoms with Crippen molar-refractivity contribution in [3.8, 4) is 0 Å². The summed E-state index contributed by atoms with van der Waals surface area (Å²) in [5.41, 5.74) is 3.27. The zero-order valence-corrected chi connectivity index (χ0v) is 12.5. The fraction of sp³-hybridized carbons (Fsp3) is 0.267. The molecule has 0 amide bonds. The monoisotopic (exact) mass is 322 g/mol. The first-order chi connectivity index (χ1) is 9.13. The van der Waals surface area contributed by atoms with Crippen LogP contribution < -0.4 is 5.32 Å². The van der Waals surface area contributed by atoms with Crippen LogP contribution in [0.4, 0.5) is 4.39 Å². The third kappa shape index (κ3) is 3.19. The van der Waals surface area contributed by atoms with Crippen LogP contribution >= 0.6 is 15.9 Å². The van der Waals surface area contributed by atoms with Crippen LogP contribution in [0.15, 0.2) is 41.1 Å². The van der Waals surface area contributed by atoms with E-state index in [2.05, 4.69) is 33.2 Å². The molecule has 2 aromatic rings. The molecule has 1 aromatic heterocycles. The number of rotatable bonds is 4. The molecule has 19 heavy (non-hydrogen) atoms. The van der Waals surface area contributed by atoms with Crippen LogP contribution in [0.1, 0.15) is 22.7 Å². The van der Waals surface area contributed by atoms with Crippen molar-refractivity contribution >= 4 is 15.9 Å². The molecule has 1 atom stereocenters. The van der Waals surface area contributed by atoms with Crippen LogP contribution in [0.5, 0.6) is 0 Å². The predicted octanol–water partition coefficient (Wildman–Crippen LogP) is 3.79. The Morgan fingerprint density at radius 2 is 2.16 bits per heavy atom. The lowest BCUT2D eigenvalue weighted by atomic mass is 9.97. The summed E-state index contributed by atoms with van der Waals surface area (Å²) in [4.78, 5) is 4.17. The highest BCUT2D eigenvalue weighted by molar-refractivity contribution is 9.10. The molecule has 1 N–H and O–H groups in total. The minimum Gasteiger partial charge on any atom is -0.313 e. The van der Waals surface area contributed by atoms with Gasteiger partial charge in [-0.25, -0.2) is 4.39 Å². The van der Waals surface area contributed by atoms with E-state index < -0.39 is 0 Å². The summed E-state index contributed by atoms with van der Waals surface area (Å²) >= 11 is 3.31. The standard InChI is InChI=1S/C15H16BrFN2/c1-10-6-7-19-9-12(10)14(18-2)8-11-4-3-5-13(17)15(11)16/h3-7,9,14,18H,8H2,1-2H3. The van der Waals surface area contributed by atoms with Crippen LogP contribution in [-0.4, -0.2) is 12.0 Å². The Morgan fingerprint density at radius 1 is 1.37 bits per heavy atom. The van der Waals surface area contributed by atoms with Crippen molar-refractivity contribution < 1.29 is 4.39 Å². The van der Waals surface area contributed by atoms with E-state index in [1.165, 1.54) is 11.6 Å². The van der Waals surface area contributed by atoms with Gasteiger partial charge in [-0.1, -0.05) is 12.1 Å². The van der Waals surface area contributed by atoms with E-state index in [9.17, 15) is 4.39 Å². The van der Waals surface area contributed by atoms with Crippen LogP contribution in [-0.2, 0) is 6.42 Å². The van der Waals surface area contributed by atoms with Crippen molar-refractivity contribution in [3.63, 3.8) is 0 Å². The number of hydrogen-bond acceptors (Lipinski definition) is 2. The Morgan fingerprint density at radius 3 is 2.84 bits per heavy atom. The van der Waals surface area contributed by atoms with Gasteiger partial charge in [0.1, 0.15) is 5.82 Å². The average Bonchev–Trinajstić information content (AvgIpc) is 2.41. The molecule has 0 spiro atoms. The largest absolute Gasteiger partial charge is 0.313 e. The van der Waals surface area contributed by atoms with Gasteiger partial charge in [0.05, 0.1) is 4.47 Å². The Labute approximate surface area is 121 Å². The predicted molar refractivity (Wildman–Crippen MR) is 78.6 cm³/mol. The normalized spacial score (nSPS) is 12.4. The molecule has 2 rings (SSSR count). The molecule has 2 nitrogen and oxygen atoms in total. The number of pyridine rings is 1. The van der Waals surface area contributed by atoms with Crippen LogP contribution in [0.25, 0.3) is 0 Å². The molecular formula is C15H16BrFN2. The molecule has 0 aliphatic heterocycles. The fourth-order valence-corrected chi connectivity index (χ4v) is 2.56. The van der Waals surface area contributed by atoms with Gasteiger partial charge in [0, 0.05) is 18.4 Å². The van der Waals surface area contributed by atoms with Gasteiger partial charge in [-0.3, -0.25) is 4.98 Å². The molecular weight excluding hydrogens is 307 g/mol. The lowest BCUT2D eigenvalue weighted by Gasteiger charge is -2.19. The molecule has 0 saturated heterocycles. The Hall–Kier alpha value is -1.26. The first-order valence-corrected chi connectivity index (χ1v) is 6.93. The van der Waals surface area contributed by atoms with Gasteiger partial charge in [0.2, 0.25) is 0 Å². The molecule has 100 valence electrons. The summed E-state index contributed by atoms with van der Waals surface area (Å²) in [6.45, 7) is 2.06. The number of nitrogens with one attached hydrogen (secondary N) is 1. The van der Waals surface area contributed by atoms with Crippen molar-refractivity contribution in [1.82, 2.24) is 10.3 Å². The maximum Gasteiger partial charge on any atom is 0.137 e. The smallest absolute Gasteiger partial charge is 0.137 e. The van der Waals surface area contributed by atoms with Crippen molar-refractivity contribution in [2.45, 2.75) is 19.4 Å². The third-order valence-electron chi connectivity index (χ3n) is 3.26. The summed E-state index contributed by atoms with van der Waals surface area (Å²) in [7, 11) is 1.91. The van der Waals surface area contributed by atoms with Gasteiger partial charge < -0.3 is 5.32 Å². The van der Waals surface area contributed by atoms with E-state index in [0.29, 0.717) is 10.9 Å². The number of likely N-dealkylation sites (N-methyl/N-ethyl adjacent to an activating group) is 1. The third-order valence-corrected chi connectivity index (χ3v) is 4.15. The van der Waals surface area contributed by atoms with E-state index in [1.54, 1.807) is 12.3 Å². The van der Waals surface area contributed by atoms with E-state index >= 15 is 0 Å². The fourth-order valence-electron chi connectivity index (χ4n) is 2.13. The Bertz CT molecular complexity index is 572. The van der Waals surface area contributed by atoms with Crippen molar-refractivity contribution in [2.75, 3.05) is 7.05 Å². The molecule has 1 heterocycles. The van der Waals surface area contributed by atoms with Crippen LogP contribution in [0.2, 0.25) is 0 Å². The van der Waals surface area contributed by atoms with E-state index in [1.807, 2.05) is 25.4 Å². The first kappa shape index (κ1) is 14.2. The topological polar surface area (TPSA) is 24.9 Å². The average molecular weight is 323 g/mol. The summed E-state index contributed by atoms with van der Waals surface area (Å²) in [5, 5.41) is 3.27. The molecule has 0 radical (unpaired) electrons. The van der Waals surface area contributed by atoms with Gasteiger partial charge in [0.25, 0.3) is 0 Å². The number of aromatic nitrogens is 1. The van der Waals surface area contributed by atoms with Gasteiger partial charge >= 0.3 is 0 Å². The van der Waals surface area contributed by atoms with Crippen molar-refractivity contribution in [2.24, 2.45) is 0 Å². The maximum atomic E-state index is 13.5. The Balaban J connectivity index is 2.30. The highest BCUT2D eigenvalue weighted by atomic mass is 79.9. The number of hydrogen-bond donors (Lipinski definition) is 1.